The maximum atomic E-state index is 11.8. The molecule has 1 aliphatic rings. The second kappa shape index (κ2) is 9.87. The number of phosphoric ester groups is 1. The summed E-state index contributed by atoms with van der Waals surface area (Å²) < 4.78 is 51.6. The topological polar surface area (TPSA) is 270 Å². The molecule has 1 aromatic rings. The number of aromatic nitrogens is 2. The Labute approximate surface area is 181 Å². The first-order valence-corrected chi connectivity index (χ1v) is 13.2. The molecule has 2 rings (SSSR count). The van der Waals surface area contributed by atoms with Crippen LogP contribution in [0.4, 0.5) is 0 Å². The quantitative estimate of drug-likeness (QED) is 0.111. The predicted octanol–water partition coefficient (Wildman–Crippen LogP) is -3.54. The van der Waals surface area contributed by atoms with Crippen LogP contribution in [0.1, 0.15) is 11.8 Å². The molecular formula is C10H17N3O14P3Se. The minimum atomic E-state index is -5.72. The average molecular weight is 575 g/mol. The molecule has 31 heavy (non-hydrogen) atoms. The zero-order valence-corrected chi connectivity index (χ0v) is 19.4. The Hall–Kier alpha value is -0.351. The van der Waals surface area contributed by atoms with Crippen molar-refractivity contribution in [2.45, 2.75) is 31.1 Å². The molecular weight excluding hydrogens is 558 g/mol. The summed E-state index contributed by atoms with van der Waals surface area (Å²) in [5, 5.41) is 20.3. The normalized spacial score (nSPS) is 28.2. The maximum absolute atomic E-state index is 11.8. The van der Waals surface area contributed by atoms with Crippen molar-refractivity contribution in [2.24, 2.45) is 5.73 Å². The van der Waals surface area contributed by atoms with E-state index < -0.39 is 60.2 Å². The van der Waals surface area contributed by atoms with Gasteiger partial charge in [0.05, 0.1) is 0 Å². The Balaban J connectivity index is 2.11. The van der Waals surface area contributed by atoms with Crippen LogP contribution in [0.3, 0.4) is 0 Å². The molecule has 21 heteroatoms. The monoisotopic (exact) mass is 576 g/mol. The summed E-state index contributed by atoms with van der Waals surface area (Å²) in [6, 6.07) is 0. The Kier molecular flexibility index (Phi) is 8.57. The first-order valence-electron chi connectivity index (χ1n) is 7.84. The van der Waals surface area contributed by atoms with Gasteiger partial charge in [-0.15, -0.1) is 0 Å². The molecule has 1 fully saturated rings. The third kappa shape index (κ3) is 7.32. The summed E-state index contributed by atoms with van der Waals surface area (Å²) in [6.45, 7) is -1.18. The molecule has 2 unspecified atom stereocenters. The molecule has 0 saturated carbocycles. The standard InChI is InChI=1S/C10H17N3O14P3Se/c11-1-4-2-13(10(31)12-8(4)16)9-7(15)6(14)5(25-9)3-24-29(20,21)27-30(22,23)26-28(17,18)19/h2,5-7,9,14-15H,1,3,11H2,(H,20,21)(H,22,23)(H2,17,18,19)/t5-,6-,7-,9-/m1/s1. The van der Waals surface area contributed by atoms with Gasteiger partial charge in [0.15, 0.2) is 0 Å². The summed E-state index contributed by atoms with van der Waals surface area (Å²) in [4.78, 5) is 50.9. The van der Waals surface area contributed by atoms with Gasteiger partial charge in [0.25, 0.3) is 0 Å². The summed E-state index contributed by atoms with van der Waals surface area (Å²) in [5.74, 6) is 0. The molecule has 1 radical (unpaired) electrons. The average Bonchev–Trinajstić information content (AvgIpc) is 2.85. The number of hydrogen-bond acceptors (Lipinski definition) is 12. The molecule has 0 spiro atoms. The van der Waals surface area contributed by atoms with Gasteiger partial charge in [0.2, 0.25) is 0 Å². The third-order valence-corrected chi connectivity index (χ3v) is 8.07. The second-order valence-corrected chi connectivity index (χ2v) is 11.1. The van der Waals surface area contributed by atoms with E-state index in [4.69, 9.17) is 25.2 Å². The molecule has 17 nitrogen and oxygen atoms in total. The van der Waals surface area contributed by atoms with Crippen molar-refractivity contribution in [2.75, 3.05) is 6.61 Å². The van der Waals surface area contributed by atoms with Crippen molar-refractivity contribution in [3.05, 3.63) is 22.1 Å². The molecule has 0 amide bonds. The predicted molar refractivity (Wildman–Crippen MR) is 97.5 cm³/mol. The van der Waals surface area contributed by atoms with E-state index in [0.717, 1.165) is 4.57 Å². The van der Waals surface area contributed by atoms with E-state index in [1.807, 2.05) is 0 Å². The minimum absolute atomic E-state index is 0.0352. The summed E-state index contributed by atoms with van der Waals surface area (Å²) >= 11 is 2.46. The van der Waals surface area contributed by atoms with Gasteiger partial charge in [-0.05, 0) is 0 Å². The van der Waals surface area contributed by atoms with Crippen LogP contribution < -0.4 is 16.0 Å². The van der Waals surface area contributed by atoms with Gasteiger partial charge in [0, 0.05) is 0 Å². The summed E-state index contributed by atoms with van der Waals surface area (Å²) in [5.41, 5.74) is 4.85. The van der Waals surface area contributed by atoms with Crippen LogP contribution in [0.25, 0.3) is 0 Å². The molecule has 1 aromatic heterocycles. The van der Waals surface area contributed by atoms with Crippen LogP contribution in [0.15, 0.2) is 11.0 Å². The van der Waals surface area contributed by atoms with E-state index in [1.54, 1.807) is 0 Å². The van der Waals surface area contributed by atoms with Crippen molar-refractivity contribution in [1.29, 1.82) is 0 Å². The van der Waals surface area contributed by atoms with Crippen LogP contribution in [0.5, 0.6) is 0 Å². The van der Waals surface area contributed by atoms with E-state index in [1.165, 1.54) is 6.20 Å². The number of aliphatic hydroxyl groups is 2. The number of nitrogens with zero attached hydrogens (tertiary/aromatic N) is 2. The molecule has 1 saturated heterocycles. The fraction of sp³-hybridized carbons (Fsp3) is 0.600. The molecule has 0 bridgehead atoms. The molecule has 6 atom stereocenters. The van der Waals surface area contributed by atoms with Gasteiger partial charge in [0.1, 0.15) is 0 Å². The third-order valence-electron chi connectivity index (χ3n) is 3.64. The van der Waals surface area contributed by atoms with Crippen molar-refractivity contribution in [3.8, 4) is 0 Å². The van der Waals surface area contributed by atoms with Crippen molar-refractivity contribution in [1.82, 2.24) is 9.55 Å². The van der Waals surface area contributed by atoms with Crippen LogP contribution in [0, 0.1) is 0 Å². The second-order valence-electron chi connectivity index (χ2n) is 5.90. The first kappa shape index (κ1) is 26.9. The Morgan fingerprint density at radius 2 is 1.74 bits per heavy atom. The number of hydrogen-bond donors (Lipinski definition) is 7. The fourth-order valence-electron chi connectivity index (χ4n) is 2.38. The van der Waals surface area contributed by atoms with Crippen LogP contribution in [0.2, 0.25) is 0 Å². The molecule has 0 aliphatic carbocycles. The van der Waals surface area contributed by atoms with Crippen molar-refractivity contribution >= 4 is 44.2 Å². The summed E-state index contributed by atoms with van der Waals surface area (Å²) in [7, 11) is -16.7. The molecule has 8 N–H and O–H groups in total. The summed E-state index contributed by atoms with van der Waals surface area (Å²) in [6.07, 6.45) is -4.98. The van der Waals surface area contributed by atoms with Crippen molar-refractivity contribution in [3.63, 3.8) is 0 Å². The molecule has 0 aromatic carbocycles. The van der Waals surface area contributed by atoms with Gasteiger partial charge in [-0.2, -0.15) is 0 Å². The number of rotatable bonds is 9. The van der Waals surface area contributed by atoms with Gasteiger partial charge in [-0.3, -0.25) is 0 Å². The number of nitrogens with two attached hydrogens (primary N) is 1. The van der Waals surface area contributed by atoms with Gasteiger partial charge in [-0.25, -0.2) is 4.57 Å². The number of ether oxygens (including phenoxy) is 1. The molecule has 2 heterocycles. The molecule has 177 valence electrons. The van der Waals surface area contributed by atoms with Gasteiger partial charge >= 0.3 is 166 Å². The van der Waals surface area contributed by atoms with E-state index in [-0.39, 0.29) is 16.8 Å². The zero-order valence-electron chi connectivity index (χ0n) is 15.0. The first-order chi connectivity index (χ1) is 14.1. The van der Waals surface area contributed by atoms with Gasteiger partial charge < -0.3 is 9.79 Å². The molecule has 1 aliphatic heterocycles. The van der Waals surface area contributed by atoms with E-state index >= 15 is 0 Å². The van der Waals surface area contributed by atoms with Crippen LogP contribution in [-0.4, -0.2) is 80.3 Å². The van der Waals surface area contributed by atoms with Crippen molar-refractivity contribution < 1.29 is 61.4 Å². The SMILES string of the molecule is NCc1cn([C@@H]2O[C@H](COP(=O)(O)OP(=O)(O)OP(=O)(O)O)[C@@H](O)[C@H]2O)c([Se])nc1=O. The van der Waals surface area contributed by atoms with Crippen LogP contribution >= 0.6 is 23.5 Å². The fourth-order valence-corrected chi connectivity index (χ4v) is 5.92. The van der Waals surface area contributed by atoms with Crippen LogP contribution in [-0.2, 0) is 38.1 Å². The Morgan fingerprint density at radius 1 is 1.13 bits per heavy atom. The Morgan fingerprint density at radius 3 is 2.29 bits per heavy atom. The Bertz CT molecular complexity index is 1010. The van der Waals surface area contributed by atoms with E-state index in [0.29, 0.717) is 0 Å². The zero-order chi connectivity index (χ0) is 23.8. The number of aliphatic hydroxyl groups excluding tert-OH is 2. The van der Waals surface area contributed by atoms with Gasteiger partial charge in [-0.1, -0.05) is 0 Å². The van der Waals surface area contributed by atoms with E-state index in [2.05, 4.69) is 34.1 Å². The van der Waals surface area contributed by atoms with E-state index in [9.17, 15) is 33.6 Å². The number of phosphoric acid groups is 3.